The SMILES string of the molecule is CNCCCNC(=O)/C=C/c1ccco1. The lowest BCUT2D eigenvalue weighted by Gasteiger charge is -2.00. The van der Waals surface area contributed by atoms with Crippen LogP contribution in [0.4, 0.5) is 0 Å². The smallest absolute Gasteiger partial charge is 0.244 e. The Morgan fingerprint density at radius 2 is 2.40 bits per heavy atom. The monoisotopic (exact) mass is 208 g/mol. The van der Waals surface area contributed by atoms with Gasteiger partial charge < -0.3 is 15.1 Å². The van der Waals surface area contributed by atoms with Gasteiger partial charge in [-0.1, -0.05) is 0 Å². The molecule has 0 bridgehead atoms. The van der Waals surface area contributed by atoms with Crippen LogP contribution < -0.4 is 10.6 Å². The molecule has 0 aromatic carbocycles. The van der Waals surface area contributed by atoms with Crippen molar-refractivity contribution in [2.45, 2.75) is 6.42 Å². The molecule has 1 rings (SSSR count). The van der Waals surface area contributed by atoms with Crippen LogP contribution in [0.15, 0.2) is 28.9 Å². The number of carbonyl (C=O) groups excluding carboxylic acids is 1. The average Bonchev–Trinajstić information content (AvgIpc) is 2.74. The zero-order valence-electron chi connectivity index (χ0n) is 8.82. The predicted molar refractivity (Wildman–Crippen MR) is 59.3 cm³/mol. The van der Waals surface area contributed by atoms with Crippen LogP contribution in [0, 0.1) is 0 Å². The van der Waals surface area contributed by atoms with Gasteiger partial charge in [-0.05, 0) is 38.2 Å². The van der Waals surface area contributed by atoms with Gasteiger partial charge in [0.05, 0.1) is 6.26 Å². The fourth-order valence-corrected chi connectivity index (χ4v) is 1.08. The summed E-state index contributed by atoms with van der Waals surface area (Å²) < 4.78 is 5.05. The van der Waals surface area contributed by atoms with Crippen LogP contribution in [0.1, 0.15) is 12.2 Å². The van der Waals surface area contributed by atoms with Crippen LogP contribution >= 0.6 is 0 Å². The second-order valence-electron chi connectivity index (χ2n) is 3.10. The molecule has 82 valence electrons. The summed E-state index contributed by atoms with van der Waals surface area (Å²) in [5.74, 6) is 0.586. The highest BCUT2D eigenvalue weighted by atomic mass is 16.3. The first kappa shape index (κ1) is 11.5. The lowest BCUT2D eigenvalue weighted by molar-refractivity contribution is -0.116. The van der Waals surface area contributed by atoms with E-state index < -0.39 is 0 Å². The molecule has 0 saturated carbocycles. The van der Waals surface area contributed by atoms with Crippen LogP contribution in [0.25, 0.3) is 6.08 Å². The van der Waals surface area contributed by atoms with Gasteiger partial charge in [0.1, 0.15) is 5.76 Å². The van der Waals surface area contributed by atoms with Gasteiger partial charge in [-0.3, -0.25) is 4.79 Å². The van der Waals surface area contributed by atoms with Crippen molar-refractivity contribution < 1.29 is 9.21 Å². The molecule has 4 heteroatoms. The van der Waals surface area contributed by atoms with Gasteiger partial charge in [-0.15, -0.1) is 0 Å². The first-order valence-corrected chi connectivity index (χ1v) is 4.97. The van der Waals surface area contributed by atoms with Gasteiger partial charge in [0.25, 0.3) is 0 Å². The maximum Gasteiger partial charge on any atom is 0.244 e. The highest BCUT2D eigenvalue weighted by Gasteiger charge is 1.94. The number of rotatable bonds is 6. The van der Waals surface area contributed by atoms with E-state index in [0.717, 1.165) is 13.0 Å². The van der Waals surface area contributed by atoms with E-state index >= 15 is 0 Å². The molecule has 1 amide bonds. The van der Waals surface area contributed by atoms with Crippen molar-refractivity contribution in [3.8, 4) is 0 Å². The zero-order chi connectivity index (χ0) is 10.9. The first-order chi connectivity index (χ1) is 7.33. The molecule has 0 atom stereocenters. The van der Waals surface area contributed by atoms with Crippen molar-refractivity contribution in [1.82, 2.24) is 10.6 Å². The maximum absolute atomic E-state index is 11.2. The fourth-order valence-electron chi connectivity index (χ4n) is 1.08. The van der Waals surface area contributed by atoms with Crippen molar-refractivity contribution in [3.63, 3.8) is 0 Å². The summed E-state index contributed by atoms with van der Waals surface area (Å²) in [6.07, 6.45) is 5.62. The van der Waals surface area contributed by atoms with Crippen LogP contribution in [0.3, 0.4) is 0 Å². The molecule has 0 fully saturated rings. The third-order valence-electron chi connectivity index (χ3n) is 1.84. The second kappa shape index (κ2) is 6.84. The van der Waals surface area contributed by atoms with Gasteiger partial charge in [0.15, 0.2) is 0 Å². The molecule has 0 radical (unpaired) electrons. The van der Waals surface area contributed by atoms with Crippen molar-refractivity contribution >= 4 is 12.0 Å². The average molecular weight is 208 g/mol. The lowest BCUT2D eigenvalue weighted by Crippen LogP contribution is -2.24. The molecule has 0 aliphatic heterocycles. The number of furan rings is 1. The second-order valence-corrected chi connectivity index (χ2v) is 3.10. The van der Waals surface area contributed by atoms with Gasteiger partial charge in [0, 0.05) is 12.6 Å². The molecule has 0 aliphatic carbocycles. The van der Waals surface area contributed by atoms with E-state index in [-0.39, 0.29) is 5.91 Å². The summed E-state index contributed by atoms with van der Waals surface area (Å²) >= 11 is 0. The van der Waals surface area contributed by atoms with E-state index in [1.165, 1.54) is 6.08 Å². The van der Waals surface area contributed by atoms with Crippen molar-refractivity contribution in [2.24, 2.45) is 0 Å². The van der Waals surface area contributed by atoms with E-state index in [4.69, 9.17) is 4.42 Å². The summed E-state index contributed by atoms with van der Waals surface area (Å²) in [4.78, 5) is 11.2. The van der Waals surface area contributed by atoms with Crippen molar-refractivity contribution in [3.05, 3.63) is 30.2 Å². The Morgan fingerprint density at radius 1 is 1.53 bits per heavy atom. The number of nitrogens with one attached hydrogen (secondary N) is 2. The predicted octanol–water partition coefficient (Wildman–Crippen LogP) is 1.02. The van der Waals surface area contributed by atoms with Crippen LogP contribution in [-0.2, 0) is 4.79 Å². The Labute approximate surface area is 89.4 Å². The zero-order valence-corrected chi connectivity index (χ0v) is 8.82. The summed E-state index contributed by atoms with van der Waals surface area (Å²) in [6, 6.07) is 3.58. The molecule has 1 heterocycles. The van der Waals surface area contributed by atoms with Gasteiger partial charge in [-0.25, -0.2) is 0 Å². The number of carbonyl (C=O) groups is 1. The van der Waals surface area contributed by atoms with E-state index in [9.17, 15) is 4.79 Å². The Morgan fingerprint density at radius 3 is 3.07 bits per heavy atom. The summed E-state index contributed by atoms with van der Waals surface area (Å²) in [7, 11) is 1.89. The van der Waals surface area contributed by atoms with E-state index in [2.05, 4.69) is 10.6 Å². The van der Waals surface area contributed by atoms with Gasteiger partial charge in [0.2, 0.25) is 5.91 Å². The third-order valence-corrected chi connectivity index (χ3v) is 1.84. The Hall–Kier alpha value is -1.55. The lowest BCUT2D eigenvalue weighted by atomic mass is 10.3. The molecule has 0 aliphatic rings. The maximum atomic E-state index is 11.2. The van der Waals surface area contributed by atoms with E-state index in [0.29, 0.717) is 12.3 Å². The number of hydrogen-bond donors (Lipinski definition) is 2. The van der Waals surface area contributed by atoms with E-state index in [1.807, 2.05) is 7.05 Å². The molecule has 15 heavy (non-hydrogen) atoms. The van der Waals surface area contributed by atoms with Crippen molar-refractivity contribution in [1.29, 1.82) is 0 Å². The van der Waals surface area contributed by atoms with Gasteiger partial charge in [-0.2, -0.15) is 0 Å². The molecular formula is C11H16N2O2. The first-order valence-electron chi connectivity index (χ1n) is 4.97. The Bertz CT molecular complexity index is 304. The highest BCUT2D eigenvalue weighted by Crippen LogP contribution is 2.01. The Kier molecular flexibility index (Phi) is 5.25. The molecule has 1 aromatic rings. The fraction of sp³-hybridized carbons (Fsp3) is 0.364. The quantitative estimate of drug-likeness (QED) is 0.542. The van der Waals surface area contributed by atoms with Crippen LogP contribution in [0.5, 0.6) is 0 Å². The standard InChI is InChI=1S/C11H16N2O2/c1-12-7-3-8-13-11(14)6-5-10-4-2-9-15-10/h2,4-6,9,12H,3,7-8H2,1H3,(H,13,14)/b6-5+. The molecule has 0 unspecified atom stereocenters. The number of hydrogen-bond acceptors (Lipinski definition) is 3. The minimum absolute atomic E-state index is 0.0949. The molecule has 1 aromatic heterocycles. The summed E-state index contributed by atoms with van der Waals surface area (Å²) in [5, 5.41) is 5.78. The van der Waals surface area contributed by atoms with Crippen LogP contribution in [0.2, 0.25) is 0 Å². The van der Waals surface area contributed by atoms with E-state index in [1.54, 1.807) is 24.5 Å². The molecule has 0 spiro atoms. The molecule has 4 nitrogen and oxygen atoms in total. The topological polar surface area (TPSA) is 54.3 Å². The summed E-state index contributed by atoms with van der Waals surface area (Å²) in [5.41, 5.74) is 0. The summed E-state index contributed by atoms with van der Waals surface area (Å²) in [6.45, 7) is 1.59. The highest BCUT2D eigenvalue weighted by molar-refractivity contribution is 5.91. The van der Waals surface area contributed by atoms with Crippen LogP contribution in [-0.4, -0.2) is 26.0 Å². The molecule has 0 saturated heterocycles. The molecular weight excluding hydrogens is 192 g/mol. The minimum atomic E-state index is -0.0949. The largest absolute Gasteiger partial charge is 0.465 e. The molecule has 2 N–H and O–H groups in total. The van der Waals surface area contributed by atoms with Crippen molar-refractivity contribution in [2.75, 3.05) is 20.1 Å². The Balaban J connectivity index is 2.18. The number of amides is 1. The normalized spacial score (nSPS) is 10.7. The third kappa shape index (κ3) is 5.02. The minimum Gasteiger partial charge on any atom is -0.465 e. The van der Waals surface area contributed by atoms with Gasteiger partial charge >= 0.3 is 0 Å².